The van der Waals surface area contributed by atoms with Crippen LogP contribution in [-0.2, 0) is 0 Å². The first kappa shape index (κ1) is 6.29. The lowest BCUT2D eigenvalue weighted by Gasteiger charge is -1.87. The summed E-state index contributed by atoms with van der Waals surface area (Å²) in [4.78, 5) is 0.914. The maximum Gasteiger partial charge on any atom is 0.0387 e. The monoisotopic (exact) mass is 235 g/mol. The molecule has 0 spiro atoms. The van der Waals surface area contributed by atoms with E-state index >= 15 is 0 Å². The quantitative estimate of drug-likeness (QED) is 0.606. The minimum Gasteiger partial charge on any atom is -0.0801 e. The Balaban J connectivity index is 3.08. The molecule has 0 saturated carbocycles. The molecule has 0 nitrogen and oxygen atoms in total. The van der Waals surface area contributed by atoms with Gasteiger partial charge in [0.2, 0.25) is 0 Å². The van der Waals surface area contributed by atoms with Gasteiger partial charge in [0.25, 0.3) is 0 Å². The number of hydrogen-bond donors (Lipinski definition) is 0. The first-order chi connectivity index (χ1) is 3.79. The topological polar surface area (TPSA) is 0 Å². The Morgan fingerprint density at radius 1 is 1.38 bits per heavy atom. The molecule has 1 rings (SSSR count). The summed E-state index contributed by atoms with van der Waals surface area (Å²) in [6.45, 7) is 0. The Kier molecular flexibility index (Phi) is 2.08. The van der Waals surface area contributed by atoms with Gasteiger partial charge in [0.15, 0.2) is 0 Å². The van der Waals surface area contributed by atoms with E-state index in [1.165, 1.54) is 3.57 Å². The van der Waals surface area contributed by atoms with Crippen molar-refractivity contribution in [1.82, 2.24) is 0 Å². The third-order valence-corrected chi connectivity index (χ3v) is 1.72. The van der Waals surface area contributed by atoms with Crippen molar-refractivity contribution >= 4 is 35.2 Å². The average molecular weight is 235 g/mol. The molecule has 0 N–H and O–H groups in total. The van der Waals surface area contributed by atoms with Crippen molar-refractivity contribution < 1.29 is 0 Å². The lowest BCUT2D eigenvalue weighted by Crippen LogP contribution is -1.66. The molecule has 0 aromatic heterocycles. The molecule has 0 aliphatic rings. The number of hydrogen-bond acceptors (Lipinski definition) is 0. The molecule has 0 atom stereocenters. The van der Waals surface area contributed by atoms with Crippen molar-refractivity contribution in [3.63, 3.8) is 0 Å². The molecule has 0 unspecified atom stereocenters. The van der Waals surface area contributed by atoms with E-state index in [2.05, 4.69) is 22.6 Å². The van der Waals surface area contributed by atoms with E-state index in [4.69, 9.17) is 12.6 Å². The summed E-state index contributed by atoms with van der Waals surface area (Å²) in [7, 11) is 0. The van der Waals surface area contributed by atoms with Crippen molar-refractivity contribution in [1.29, 1.82) is 0 Å². The maximum absolute atomic E-state index is 4.89. The van der Waals surface area contributed by atoms with Gasteiger partial charge in [-0.05, 0) is 40.8 Å². The second kappa shape index (κ2) is 2.64. The largest absolute Gasteiger partial charge is 0.0801 e. The highest BCUT2D eigenvalue weighted by molar-refractivity contribution is 14.1. The summed E-state index contributed by atoms with van der Waals surface area (Å²) in [5, 5.41) is 0. The van der Waals surface area contributed by atoms with Crippen LogP contribution in [-0.4, -0.2) is 0 Å². The normalized spacial score (nSPS) is 9.12. The molecule has 0 fully saturated rings. The predicted octanol–water partition coefficient (Wildman–Crippen LogP) is 2.85. The molecule has 2 heteroatoms. The van der Waals surface area contributed by atoms with Gasteiger partial charge in [0.1, 0.15) is 0 Å². The lowest BCUT2D eigenvalue weighted by molar-refractivity contribution is 1.45. The van der Waals surface area contributed by atoms with Gasteiger partial charge in [0.05, 0.1) is 0 Å². The number of halogens is 1. The van der Waals surface area contributed by atoms with E-state index in [1.807, 2.05) is 24.3 Å². The van der Waals surface area contributed by atoms with Crippen molar-refractivity contribution in [3.05, 3.63) is 27.8 Å². The Bertz CT molecular complexity index is 168. The predicted molar refractivity (Wildman–Crippen MR) is 45.0 cm³/mol. The van der Waals surface area contributed by atoms with Gasteiger partial charge in [-0.15, -0.1) is 0 Å². The van der Waals surface area contributed by atoms with Gasteiger partial charge in [0, 0.05) is 8.47 Å². The molecule has 1 radical (unpaired) electrons. The van der Waals surface area contributed by atoms with E-state index < -0.39 is 0 Å². The highest BCUT2D eigenvalue weighted by Crippen LogP contribution is 2.09. The van der Waals surface area contributed by atoms with E-state index in [-0.39, 0.29) is 0 Å². The van der Waals surface area contributed by atoms with E-state index in [0.717, 1.165) is 4.90 Å². The zero-order valence-corrected chi connectivity index (χ0v) is 7.07. The van der Waals surface area contributed by atoms with Gasteiger partial charge in [-0.3, -0.25) is 0 Å². The third kappa shape index (κ3) is 1.59. The molecule has 0 heterocycles. The van der Waals surface area contributed by atoms with Gasteiger partial charge < -0.3 is 0 Å². The van der Waals surface area contributed by atoms with E-state index in [9.17, 15) is 0 Å². The highest BCUT2D eigenvalue weighted by Gasteiger charge is 1.84. The summed E-state index contributed by atoms with van der Waals surface area (Å²) in [5.41, 5.74) is 0. The van der Waals surface area contributed by atoms with Crippen molar-refractivity contribution in [2.45, 2.75) is 4.90 Å². The molecule has 0 aliphatic heterocycles. The number of benzene rings is 1. The molecular weight excluding hydrogens is 231 g/mol. The number of rotatable bonds is 0. The third-order valence-electron chi connectivity index (χ3n) is 0.796. The van der Waals surface area contributed by atoms with E-state index in [1.54, 1.807) is 0 Å². The second-order valence-electron chi connectivity index (χ2n) is 1.46. The van der Waals surface area contributed by atoms with Crippen LogP contribution in [0.4, 0.5) is 0 Å². The summed E-state index contributed by atoms with van der Waals surface area (Å²) in [6, 6.07) is 7.87. The zero-order valence-electron chi connectivity index (χ0n) is 4.10. The molecule has 0 bridgehead atoms. The Morgan fingerprint density at radius 3 is 2.50 bits per heavy atom. The zero-order chi connectivity index (χ0) is 5.98. The van der Waals surface area contributed by atoms with Crippen LogP contribution in [0.5, 0.6) is 0 Å². The standard InChI is InChI=1S/C6H4IS/c7-5-2-1-3-6(8)4-5/h1-4H. The Morgan fingerprint density at radius 2 is 2.12 bits per heavy atom. The first-order valence-electron chi connectivity index (χ1n) is 2.21. The first-order valence-corrected chi connectivity index (χ1v) is 3.70. The molecule has 41 valence electrons. The van der Waals surface area contributed by atoms with Crippen LogP contribution >= 0.6 is 35.2 Å². The summed E-state index contributed by atoms with van der Waals surface area (Å²) in [6.07, 6.45) is 0. The van der Waals surface area contributed by atoms with Crippen LogP contribution in [0.15, 0.2) is 29.2 Å². The molecule has 0 aliphatic carbocycles. The highest BCUT2D eigenvalue weighted by atomic mass is 127. The van der Waals surface area contributed by atoms with Gasteiger partial charge in [-0.2, -0.15) is 0 Å². The summed E-state index contributed by atoms with van der Waals surface area (Å²) >= 11 is 7.13. The fourth-order valence-corrected chi connectivity index (χ4v) is 1.43. The van der Waals surface area contributed by atoms with Crippen LogP contribution in [0.25, 0.3) is 0 Å². The van der Waals surface area contributed by atoms with Gasteiger partial charge >= 0.3 is 0 Å². The Labute approximate surface area is 67.8 Å². The van der Waals surface area contributed by atoms with Crippen LogP contribution in [0.2, 0.25) is 0 Å². The van der Waals surface area contributed by atoms with Crippen LogP contribution < -0.4 is 0 Å². The minimum absolute atomic E-state index is 0.914. The van der Waals surface area contributed by atoms with Crippen LogP contribution in [0, 0.1) is 3.57 Å². The lowest BCUT2D eigenvalue weighted by atomic mass is 10.4. The summed E-state index contributed by atoms with van der Waals surface area (Å²) < 4.78 is 1.20. The molecular formula is C6H4IS. The molecule has 0 saturated heterocycles. The molecule has 0 amide bonds. The molecule has 8 heavy (non-hydrogen) atoms. The molecule has 1 aromatic carbocycles. The minimum atomic E-state index is 0.914. The van der Waals surface area contributed by atoms with Crippen molar-refractivity contribution in [3.8, 4) is 0 Å². The van der Waals surface area contributed by atoms with E-state index in [0.29, 0.717) is 0 Å². The van der Waals surface area contributed by atoms with Crippen LogP contribution in [0.1, 0.15) is 0 Å². The second-order valence-corrected chi connectivity index (χ2v) is 3.17. The van der Waals surface area contributed by atoms with Gasteiger partial charge in [-0.25, -0.2) is 0 Å². The fourth-order valence-electron chi connectivity index (χ4n) is 0.467. The van der Waals surface area contributed by atoms with Crippen LogP contribution in [0.3, 0.4) is 0 Å². The fraction of sp³-hybridized carbons (Fsp3) is 0. The maximum atomic E-state index is 4.89. The summed E-state index contributed by atoms with van der Waals surface area (Å²) in [5.74, 6) is 0. The van der Waals surface area contributed by atoms with Crippen molar-refractivity contribution in [2.24, 2.45) is 0 Å². The molecule has 1 aromatic rings. The Hall–Kier alpha value is 0.170. The van der Waals surface area contributed by atoms with Crippen molar-refractivity contribution in [2.75, 3.05) is 0 Å². The SMILES string of the molecule is [S]c1cccc(I)c1. The average Bonchev–Trinajstić information content (AvgIpc) is 1.64. The van der Waals surface area contributed by atoms with Gasteiger partial charge in [-0.1, -0.05) is 18.7 Å². The smallest absolute Gasteiger partial charge is 0.0387 e.